The largest absolute Gasteiger partial charge is 0.369 e. The van der Waals surface area contributed by atoms with Crippen molar-refractivity contribution in [3.05, 3.63) is 60.8 Å². The Labute approximate surface area is 217 Å². The zero-order valence-corrected chi connectivity index (χ0v) is 21.1. The van der Waals surface area contributed by atoms with Crippen molar-refractivity contribution in [1.82, 2.24) is 24.8 Å². The molecule has 2 amide bonds. The fraction of sp³-hybridized carbons (Fsp3) is 0.448. The molecule has 2 aromatic carbocycles. The minimum Gasteiger partial charge on any atom is -0.369 e. The van der Waals surface area contributed by atoms with E-state index in [0.29, 0.717) is 37.9 Å². The first-order chi connectivity index (χ1) is 18.0. The Morgan fingerprint density at radius 3 is 2.27 bits per heavy atom. The zero-order valence-electron chi connectivity index (χ0n) is 21.1. The lowest BCUT2D eigenvalue weighted by Gasteiger charge is -2.50. The van der Waals surface area contributed by atoms with E-state index in [1.165, 1.54) is 11.1 Å². The summed E-state index contributed by atoms with van der Waals surface area (Å²) in [5, 5.41) is 8.87. The lowest BCUT2D eigenvalue weighted by Crippen LogP contribution is -2.59. The molecule has 0 saturated carbocycles. The molecule has 1 aromatic heterocycles. The second-order valence-corrected chi connectivity index (χ2v) is 10.8. The number of carbonyl (C=O) groups excluding carboxylic acids is 2. The van der Waals surface area contributed by atoms with E-state index >= 15 is 0 Å². The van der Waals surface area contributed by atoms with Gasteiger partial charge in [-0.15, -0.1) is 5.10 Å². The van der Waals surface area contributed by atoms with Gasteiger partial charge in [-0.25, -0.2) is 0 Å². The standard InChI is InChI=1S/C29H34N6O2/c30-28(36)23-10-13-33(14-11-23)29(37)26-18-34-15-12-24(26)16-25(34)17-35-19-27(31-32-35)22-8-6-21(7-9-22)20-4-2-1-3-5-20/h1-9,19,23-26H,10-18H2,(H2,30,36)/t24-,25-,26+/m1/s1. The number of rotatable bonds is 6. The summed E-state index contributed by atoms with van der Waals surface area (Å²) in [4.78, 5) is 29.2. The van der Waals surface area contributed by atoms with Crippen molar-refractivity contribution >= 4 is 11.8 Å². The average molecular weight is 499 g/mol. The normalized spacial score (nSPS) is 25.8. The van der Waals surface area contributed by atoms with E-state index in [0.717, 1.165) is 43.7 Å². The van der Waals surface area contributed by atoms with Gasteiger partial charge in [0.2, 0.25) is 11.8 Å². The topological polar surface area (TPSA) is 97.3 Å². The van der Waals surface area contributed by atoms with Crippen LogP contribution in [0.2, 0.25) is 0 Å². The van der Waals surface area contributed by atoms with Gasteiger partial charge in [-0.3, -0.25) is 19.2 Å². The molecule has 0 radical (unpaired) electrons. The summed E-state index contributed by atoms with van der Waals surface area (Å²) in [5.74, 6) is 0.403. The predicted molar refractivity (Wildman–Crippen MR) is 141 cm³/mol. The highest BCUT2D eigenvalue weighted by Gasteiger charge is 2.45. The number of likely N-dealkylation sites (tertiary alicyclic amines) is 1. The van der Waals surface area contributed by atoms with Gasteiger partial charge >= 0.3 is 0 Å². The maximum absolute atomic E-state index is 13.3. The number of aromatic nitrogens is 3. The molecule has 1 unspecified atom stereocenters. The highest BCUT2D eigenvalue weighted by Crippen LogP contribution is 2.38. The highest BCUT2D eigenvalue weighted by molar-refractivity contribution is 5.81. The summed E-state index contributed by atoms with van der Waals surface area (Å²) >= 11 is 0. The number of fused-ring (bicyclic) bond motifs is 3. The predicted octanol–water partition coefficient (Wildman–Crippen LogP) is 3.05. The fourth-order valence-electron chi connectivity index (χ4n) is 6.43. The monoisotopic (exact) mass is 498 g/mol. The van der Waals surface area contributed by atoms with Crippen LogP contribution in [0.25, 0.3) is 22.4 Å². The van der Waals surface area contributed by atoms with Crippen LogP contribution >= 0.6 is 0 Å². The summed E-state index contributed by atoms with van der Waals surface area (Å²) in [6.07, 6.45) is 5.49. The van der Waals surface area contributed by atoms with Gasteiger partial charge in [0.1, 0.15) is 5.69 Å². The van der Waals surface area contributed by atoms with Crippen LogP contribution in [0.1, 0.15) is 25.7 Å². The van der Waals surface area contributed by atoms with Crippen molar-refractivity contribution < 1.29 is 9.59 Å². The van der Waals surface area contributed by atoms with Crippen LogP contribution in [0.3, 0.4) is 0 Å². The van der Waals surface area contributed by atoms with Gasteiger partial charge in [0.05, 0.1) is 18.7 Å². The Morgan fingerprint density at radius 2 is 1.59 bits per heavy atom. The van der Waals surface area contributed by atoms with Crippen molar-refractivity contribution in [2.24, 2.45) is 23.5 Å². The van der Waals surface area contributed by atoms with E-state index in [-0.39, 0.29) is 23.7 Å². The molecule has 4 saturated heterocycles. The fourth-order valence-corrected chi connectivity index (χ4v) is 6.43. The molecule has 192 valence electrons. The van der Waals surface area contributed by atoms with Gasteiger partial charge in [-0.2, -0.15) is 0 Å². The summed E-state index contributed by atoms with van der Waals surface area (Å²) in [5.41, 5.74) is 9.78. The number of hydrogen-bond donors (Lipinski definition) is 1. The summed E-state index contributed by atoms with van der Waals surface area (Å²) in [7, 11) is 0. The van der Waals surface area contributed by atoms with Crippen LogP contribution in [0, 0.1) is 17.8 Å². The number of benzene rings is 2. The molecule has 8 nitrogen and oxygen atoms in total. The Bertz CT molecular complexity index is 1250. The smallest absolute Gasteiger partial charge is 0.227 e. The SMILES string of the molecule is NC(=O)C1CCN(C(=O)[C@H]2CN3CC[C@@H]2C[C@@H]3Cn2cc(-c3ccc(-c4ccccc4)cc3)nn2)CC1. The van der Waals surface area contributed by atoms with E-state index in [1.54, 1.807) is 0 Å². The number of hydrogen-bond acceptors (Lipinski definition) is 5. The number of primary amides is 1. The highest BCUT2D eigenvalue weighted by atomic mass is 16.2. The molecule has 2 bridgehead atoms. The Hall–Kier alpha value is -3.52. The molecule has 4 aliphatic rings. The minimum absolute atomic E-state index is 0.0598. The van der Waals surface area contributed by atoms with E-state index in [4.69, 9.17) is 5.73 Å². The summed E-state index contributed by atoms with van der Waals surface area (Å²) in [6.45, 7) is 3.93. The molecule has 8 heteroatoms. The van der Waals surface area contributed by atoms with E-state index < -0.39 is 0 Å². The van der Waals surface area contributed by atoms with Gasteiger partial charge in [-0.05, 0) is 49.3 Å². The number of nitrogens with zero attached hydrogens (tertiary/aromatic N) is 5. The van der Waals surface area contributed by atoms with Crippen molar-refractivity contribution in [2.45, 2.75) is 38.3 Å². The maximum atomic E-state index is 13.3. The average Bonchev–Trinajstić information content (AvgIpc) is 3.42. The molecule has 7 rings (SSSR count). The first-order valence-corrected chi connectivity index (χ1v) is 13.4. The second-order valence-electron chi connectivity index (χ2n) is 10.8. The van der Waals surface area contributed by atoms with E-state index in [1.807, 2.05) is 21.8 Å². The van der Waals surface area contributed by atoms with Crippen molar-refractivity contribution in [3.8, 4) is 22.4 Å². The number of nitrogens with two attached hydrogens (primary N) is 1. The van der Waals surface area contributed by atoms with Crippen LogP contribution in [0.5, 0.6) is 0 Å². The Balaban J connectivity index is 1.06. The molecular formula is C29H34N6O2. The first-order valence-electron chi connectivity index (χ1n) is 13.4. The summed E-state index contributed by atoms with van der Waals surface area (Å²) in [6, 6.07) is 19.2. The Morgan fingerprint density at radius 1 is 0.892 bits per heavy atom. The van der Waals surface area contributed by atoms with Crippen LogP contribution < -0.4 is 5.73 Å². The molecular weight excluding hydrogens is 464 g/mol. The number of amides is 2. The van der Waals surface area contributed by atoms with Gasteiger partial charge in [0.25, 0.3) is 0 Å². The van der Waals surface area contributed by atoms with E-state index in [9.17, 15) is 9.59 Å². The lowest BCUT2D eigenvalue weighted by atomic mass is 9.74. The van der Waals surface area contributed by atoms with Gasteiger partial charge < -0.3 is 10.6 Å². The lowest BCUT2D eigenvalue weighted by molar-refractivity contribution is -0.146. The first kappa shape index (κ1) is 23.9. The van der Waals surface area contributed by atoms with Crippen LogP contribution in [-0.2, 0) is 16.1 Å². The minimum atomic E-state index is -0.238. The molecule has 4 atom stereocenters. The zero-order chi connectivity index (χ0) is 25.4. The third-order valence-corrected chi connectivity index (χ3v) is 8.63. The van der Waals surface area contributed by atoms with Gasteiger partial charge in [0, 0.05) is 37.2 Å². The molecule has 0 spiro atoms. The Kier molecular flexibility index (Phi) is 6.50. The van der Waals surface area contributed by atoms with Crippen molar-refractivity contribution in [3.63, 3.8) is 0 Å². The van der Waals surface area contributed by atoms with Crippen molar-refractivity contribution in [1.29, 1.82) is 0 Å². The quantitative estimate of drug-likeness (QED) is 0.563. The van der Waals surface area contributed by atoms with E-state index in [2.05, 4.69) is 63.7 Å². The molecule has 4 fully saturated rings. The summed E-state index contributed by atoms with van der Waals surface area (Å²) < 4.78 is 1.96. The number of piperidine rings is 4. The van der Waals surface area contributed by atoms with Crippen molar-refractivity contribution in [2.75, 3.05) is 26.2 Å². The van der Waals surface area contributed by atoms with Gasteiger partial charge in [-0.1, -0.05) is 59.8 Å². The molecule has 4 aliphatic heterocycles. The molecule has 3 aromatic rings. The van der Waals surface area contributed by atoms with Crippen LogP contribution in [-0.4, -0.2) is 68.8 Å². The van der Waals surface area contributed by atoms with Crippen LogP contribution in [0.4, 0.5) is 0 Å². The molecule has 37 heavy (non-hydrogen) atoms. The third-order valence-electron chi connectivity index (χ3n) is 8.63. The second kappa shape index (κ2) is 10.1. The van der Waals surface area contributed by atoms with Gasteiger partial charge in [0.15, 0.2) is 0 Å². The number of carbonyl (C=O) groups is 2. The molecule has 2 N–H and O–H groups in total. The maximum Gasteiger partial charge on any atom is 0.227 e. The molecule has 5 heterocycles. The van der Waals surface area contributed by atoms with Crippen LogP contribution in [0.15, 0.2) is 60.8 Å². The third kappa shape index (κ3) is 4.90. The molecule has 0 aliphatic carbocycles.